The Morgan fingerprint density at radius 1 is 1.21 bits per heavy atom. The first-order valence-electron chi connectivity index (χ1n) is 7.82. The highest BCUT2D eigenvalue weighted by Gasteiger charge is 2.13. The molecule has 3 rings (SSSR count). The molecule has 1 N–H and O–H groups in total. The monoisotopic (exact) mass is 329 g/mol. The first-order valence-corrected chi connectivity index (χ1v) is 7.82. The zero-order valence-electron chi connectivity index (χ0n) is 13.4. The van der Waals surface area contributed by atoms with Crippen LogP contribution in [0.1, 0.15) is 12.8 Å². The van der Waals surface area contributed by atoms with Crippen LogP contribution in [0.4, 0.5) is 11.5 Å². The molecule has 0 bridgehead atoms. The van der Waals surface area contributed by atoms with Crippen LogP contribution in [-0.2, 0) is 18.4 Å². The molecule has 1 aliphatic rings. The first kappa shape index (κ1) is 16.0. The van der Waals surface area contributed by atoms with Crippen LogP contribution >= 0.6 is 0 Å². The van der Waals surface area contributed by atoms with Gasteiger partial charge in [0, 0.05) is 32.4 Å². The summed E-state index contributed by atoms with van der Waals surface area (Å²) in [6.07, 6.45) is 5.27. The number of anilines is 2. The lowest BCUT2D eigenvalue weighted by Gasteiger charge is -2.16. The molecule has 1 saturated heterocycles. The van der Waals surface area contributed by atoms with Gasteiger partial charge in [-0.15, -0.1) is 0 Å². The Kier molecular flexibility index (Phi) is 4.45. The molecule has 0 saturated carbocycles. The van der Waals surface area contributed by atoms with Crippen molar-refractivity contribution in [2.75, 3.05) is 23.3 Å². The first-order chi connectivity index (χ1) is 11.5. The standard InChI is InChI=1S/C16H19N5O3/c1-19-15(23)6-9-21(16(19)24)11-14(22)18-12-4-5-13(17-10-12)20-7-2-3-8-20/h4-6,9-10H,2-3,7-8,11H2,1H3,(H,18,22). The van der Waals surface area contributed by atoms with Gasteiger partial charge in [0.1, 0.15) is 12.4 Å². The average Bonchev–Trinajstić information content (AvgIpc) is 3.11. The zero-order valence-corrected chi connectivity index (χ0v) is 13.4. The van der Waals surface area contributed by atoms with Crippen molar-refractivity contribution in [1.29, 1.82) is 0 Å². The molecule has 3 heterocycles. The van der Waals surface area contributed by atoms with Crippen molar-refractivity contribution in [1.82, 2.24) is 14.1 Å². The van der Waals surface area contributed by atoms with Gasteiger partial charge in [-0.2, -0.15) is 0 Å². The number of carbonyl (C=O) groups is 1. The number of nitrogens with zero attached hydrogens (tertiary/aromatic N) is 4. The summed E-state index contributed by atoms with van der Waals surface area (Å²) in [5.74, 6) is 0.547. The van der Waals surface area contributed by atoms with Crippen LogP contribution in [0.15, 0.2) is 40.2 Å². The minimum absolute atomic E-state index is 0.166. The minimum Gasteiger partial charge on any atom is -0.357 e. The number of hydrogen-bond acceptors (Lipinski definition) is 5. The molecule has 8 heteroatoms. The Bertz CT molecular complexity index is 847. The van der Waals surface area contributed by atoms with Gasteiger partial charge >= 0.3 is 5.69 Å². The van der Waals surface area contributed by atoms with E-state index in [0.29, 0.717) is 5.69 Å². The van der Waals surface area contributed by atoms with E-state index in [1.165, 1.54) is 36.7 Å². The summed E-state index contributed by atoms with van der Waals surface area (Å²) in [7, 11) is 1.38. The van der Waals surface area contributed by atoms with E-state index in [4.69, 9.17) is 0 Å². The number of nitrogens with one attached hydrogen (secondary N) is 1. The fraction of sp³-hybridized carbons (Fsp3) is 0.375. The van der Waals surface area contributed by atoms with E-state index >= 15 is 0 Å². The summed E-state index contributed by atoms with van der Waals surface area (Å²) in [5.41, 5.74) is -0.362. The van der Waals surface area contributed by atoms with Crippen LogP contribution in [0.3, 0.4) is 0 Å². The van der Waals surface area contributed by atoms with E-state index in [0.717, 1.165) is 23.5 Å². The molecule has 0 spiro atoms. The molecule has 0 aromatic carbocycles. The molecule has 0 radical (unpaired) electrons. The minimum atomic E-state index is -0.528. The summed E-state index contributed by atoms with van der Waals surface area (Å²) in [6.45, 7) is 1.85. The highest BCUT2D eigenvalue weighted by atomic mass is 16.2. The van der Waals surface area contributed by atoms with Gasteiger partial charge in [-0.3, -0.25) is 18.7 Å². The van der Waals surface area contributed by atoms with Crippen LogP contribution < -0.4 is 21.5 Å². The molecule has 24 heavy (non-hydrogen) atoms. The lowest BCUT2D eigenvalue weighted by Crippen LogP contribution is -2.38. The Hall–Kier alpha value is -2.90. The van der Waals surface area contributed by atoms with Crippen molar-refractivity contribution in [3.05, 3.63) is 51.4 Å². The summed E-state index contributed by atoms with van der Waals surface area (Å²) >= 11 is 0. The number of rotatable bonds is 4. The van der Waals surface area contributed by atoms with E-state index in [9.17, 15) is 14.4 Å². The summed E-state index contributed by atoms with van der Waals surface area (Å²) in [6, 6.07) is 4.92. The summed E-state index contributed by atoms with van der Waals surface area (Å²) < 4.78 is 2.14. The number of aromatic nitrogens is 3. The van der Waals surface area contributed by atoms with Crippen molar-refractivity contribution in [2.45, 2.75) is 19.4 Å². The van der Waals surface area contributed by atoms with E-state index in [-0.39, 0.29) is 12.5 Å². The van der Waals surface area contributed by atoms with Crippen LogP contribution in [-0.4, -0.2) is 33.1 Å². The van der Waals surface area contributed by atoms with Gasteiger partial charge in [-0.05, 0) is 25.0 Å². The highest BCUT2D eigenvalue weighted by Crippen LogP contribution is 2.18. The van der Waals surface area contributed by atoms with Crippen LogP contribution in [0, 0.1) is 0 Å². The normalized spacial score (nSPS) is 14.0. The molecular weight excluding hydrogens is 310 g/mol. The predicted molar refractivity (Wildman–Crippen MR) is 90.3 cm³/mol. The molecule has 2 aromatic heterocycles. The van der Waals surface area contributed by atoms with Crippen molar-refractivity contribution in [3.63, 3.8) is 0 Å². The molecule has 2 aromatic rings. The fourth-order valence-electron chi connectivity index (χ4n) is 2.69. The smallest absolute Gasteiger partial charge is 0.331 e. The Balaban J connectivity index is 1.65. The topological polar surface area (TPSA) is 89.2 Å². The molecule has 8 nitrogen and oxygen atoms in total. The van der Waals surface area contributed by atoms with Gasteiger partial charge in [0.15, 0.2) is 0 Å². The Labute approximate surface area is 138 Å². The lowest BCUT2D eigenvalue weighted by atomic mass is 10.3. The molecule has 1 fully saturated rings. The largest absolute Gasteiger partial charge is 0.357 e. The lowest BCUT2D eigenvalue weighted by molar-refractivity contribution is -0.116. The van der Waals surface area contributed by atoms with Gasteiger partial charge in [0.25, 0.3) is 5.56 Å². The maximum Gasteiger partial charge on any atom is 0.331 e. The molecular formula is C16H19N5O3. The SMILES string of the molecule is Cn1c(=O)ccn(CC(=O)Nc2ccc(N3CCCC3)nc2)c1=O. The molecule has 1 amide bonds. The summed E-state index contributed by atoms with van der Waals surface area (Å²) in [4.78, 5) is 41.9. The molecule has 1 aliphatic heterocycles. The third kappa shape index (κ3) is 3.37. The molecule has 0 atom stereocenters. The fourth-order valence-corrected chi connectivity index (χ4v) is 2.69. The van der Waals surface area contributed by atoms with Gasteiger partial charge in [0.05, 0.1) is 11.9 Å². The van der Waals surface area contributed by atoms with Crippen molar-refractivity contribution in [2.24, 2.45) is 7.05 Å². The predicted octanol–water partition coefficient (Wildman–Crippen LogP) is 0.181. The van der Waals surface area contributed by atoms with E-state index in [1.54, 1.807) is 12.3 Å². The number of carbonyl (C=O) groups excluding carboxylic acids is 1. The zero-order chi connectivity index (χ0) is 17.1. The number of amides is 1. The third-order valence-corrected chi connectivity index (χ3v) is 4.04. The van der Waals surface area contributed by atoms with Crippen molar-refractivity contribution in [3.8, 4) is 0 Å². The van der Waals surface area contributed by atoms with Gasteiger partial charge in [-0.1, -0.05) is 0 Å². The van der Waals surface area contributed by atoms with Crippen molar-refractivity contribution >= 4 is 17.4 Å². The maximum atomic E-state index is 12.1. The number of pyridine rings is 1. The number of hydrogen-bond donors (Lipinski definition) is 1. The van der Waals surface area contributed by atoms with E-state index < -0.39 is 11.2 Å². The van der Waals surface area contributed by atoms with Crippen LogP contribution in [0.2, 0.25) is 0 Å². The van der Waals surface area contributed by atoms with E-state index in [1.807, 2.05) is 6.07 Å². The molecule has 0 aliphatic carbocycles. The second kappa shape index (κ2) is 6.69. The highest BCUT2D eigenvalue weighted by molar-refractivity contribution is 5.90. The van der Waals surface area contributed by atoms with Gasteiger partial charge in [-0.25, -0.2) is 9.78 Å². The molecule has 0 unspecified atom stereocenters. The van der Waals surface area contributed by atoms with E-state index in [2.05, 4.69) is 15.2 Å². The van der Waals surface area contributed by atoms with Gasteiger partial charge in [0.2, 0.25) is 5.91 Å². The Morgan fingerprint density at radius 2 is 1.96 bits per heavy atom. The van der Waals surface area contributed by atoms with Gasteiger partial charge < -0.3 is 10.2 Å². The maximum absolute atomic E-state index is 12.1. The average molecular weight is 329 g/mol. The third-order valence-electron chi connectivity index (χ3n) is 4.04. The van der Waals surface area contributed by atoms with Crippen LogP contribution in [0.25, 0.3) is 0 Å². The second-order valence-electron chi connectivity index (χ2n) is 5.77. The molecule has 126 valence electrons. The summed E-state index contributed by atoms with van der Waals surface area (Å²) in [5, 5.41) is 2.70. The van der Waals surface area contributed by atoms with Crippen LogP contribution in [0.5, 0.6) is 0 Å². The Morgan fingerprint density at radius 3 is 2.62 bits per heavy atom. The second-order valence-corrected chi connectivity index (χ2v) is 5.77. The quantitative estimate of drug-likeness (QED) is 0.864. The van der Waals surface area contributed by atoms with Crippen molar-refractivity contribution < 1.29 is 4.79 Å².